The molecule has 1 rings (SSSR count). The minimum Gasteiger partial charge on any atom is -0.480 e. The Bertz CT molecular complexity index is 314. The van der Waals surface area contributed by atoms with Crippen LogP contribution in [0.3, 0.4) is 0 Å². The van der Waals surface area contributed by atoms with Crippen LogP contribution in [0.4, 0.5) is 0 Å². The maximum Gasteiger partial charge on any atom is 0.326 e. The van der Waals surface area contributed by atoms with Crippen molar-refractivity contribution in [1.29, 1.82) is 0 Å². The predicted molar refractivity (Wildman–Crippen MR) is 63.8 cm³/mol. The molecule has 0 spiro atoms. The molecule has 1 aliphatic heterocycles. The van der Waals surface area contributed by atoms with E-state index in [1.807, 2.05) is 13.8 Å². The molecule has 0 aromatic carbocycles. The molecule has 6 heteroatoms. The quantitative estimate of drug-likeness (QED) is 0.719. The first-order valence-corrected chi connectivity index (χ1v) is 5.81. The van der Waals surface area contributed by atoms with Gasteiger partial charge in [0.25, 0.3) is 0 Å². The fraction of sp³-hybridized carbons (Fsp3) is 0.778. The summed E-state index contributed by atoms with van der Waals surface area (Å²) in [5.74, 6) is -0.990. The Morgan fingerprint density at radius 1 is 1.53 bits per heavy atom. The lowest BCUT2D eigenvalue weighted by molar-refractivity contribution is -0.150. The Kier molecular flexibility index (Phi) is 3.06. The number of hydrogen-bond acceptors (Lipinski definition) is 4. The van der Waals surface area contributed by atoms with Crippen molar-refractivity contribution >= 4 is 34.3 Å². The zero-order valence-corrected chi connectivity index (χ0v) is 10.8. The molecule has 0 radical (unpaired) electrons. The summed E-state index contributed by atoms with van der Waals surface area (Å²) in [5, 5.41) is 19.3. The van der Waals surface area contributed by atoms with Crippen molar-refractivity contribution in [3.05, 3.63) is 0 Å². The lowest BCUT2D eigenvalue weighted by atomic mass is 9.98. The molecule has 4 nitrogen and oxygen atoms in total. The molecular formula is C9H15NO3S2. The van der Waals surface area contributed by atoms with E-state index in [9.17, 15) is 9.90 Å². The molecule has 15 heavy (non-hydrogen) atoms. The number of hydrogen-bond donors (Lipinski definition) is 2. The van der Waals surface area contributed by atoms with E-state index < -0.39 is 22.5 Å². The van der Waals surface area contributed by atoms with Gasteiger partial charge in [0.05, 0.1) is 4.75 Å². The van der Waals surface area contributed by atoms with E-state index in [4.69, 9.17) is 17.3 Å². The highest BCUT2D eigenvalue weighted by Crippen LogP contribution is 2.47. The molecule has 2 unspecified atom stereocenters. The number of carboxylic acids is 1. The summed E-state index contributed by atoms with van der Waals surface area (Å²) in [5.41, 5.74) is -1.24. The second kappa shape index (κ2) is 3.61. The number of thioether (sulfide) groups is 1. The number of carbonyl (C=O) groups is 1. The fourth-order valence-corrected chi connectivity index (χ4v) is 3.60. The summed E-state index contributed by atoms with van der Waals surface area (Å²) in [4.78, 5) is 12.3. The van der Waals surface area contributed by atoms with E-state index in [1.54, 1.807) is 6.92 Å². The van der Waals surface area contributed by atoms with Crippen LogP contribution in [0.2, 0.25) is 0 Å². The van der Waals surface area contributed by atoms with Crippen LogP contribution < -0.4 is 0 Å². The van der Waals surface area contributed by atoms with Gasteiger partial charge < -0.3 is 15.1 Å². The molecule has 0 amide bonds. The van der Waals surface area contributed by atoms with Crippen LogP contribution in [-0.4, -0.2) is 41.9 Å². The zero-order chi connectivity index (χ0) is 12.0. The van der Waals surface area contributed by atoms with E-state index in [-0.39, 0.29) is 0 Å². The van der Waals surface area contributed by atoms with Crippen molar-refractivity contribution < 1.29 is 15.0 Å². The van der Waals surface area contributed by atoms with Crippen LogP contribution in [0.1, 0.15) is 27.7 Å². The molecule has 2 N–H and O–H groups in total. The smallest absolute Gasteiger partial charge is 0.326 e. The Hall–Kier alpha value is -0.330. The topological polar surface area (TPSA) is 60.8 Å². The minimum atomic E-state index is -1.24. The summed E-state index contributed by atoms with van der Waals surface area (Å²) < 4.78 is -0.0757. The lowest BCUT2D eigenvalue weighted by Crippen LogP contribution is -2.57. The Balaban J connectivity index is 3.10. The molecule has 1 fully saturated rings. The maximum absolute atomic E-state index is 10.9. The van der Waals surface area contributed by atoms with E-state index in [0.29, 0.717) is 4.32 Å². The van der Waals surface area contributed by atoms with Crippen molar-refractivity contribution in [1.82, 2.24) is 4.90 Å². The largest absolute Gasteiger partial charge is 0.480 e. The summed E-state index contributed by atoms with van der Waals surface area (Å²) >= 11 is 6.43. The third-order valence-corrected chi connectivity index (χ3v) is 4.61. The van der Waals surface area contributed by atoms with E-state index >= 15 is 0 Å². The van der Waals surface area contributed by atoms with Gasteiger partial charge in [-0.05, 0) is 27.7 Å². The second-order valence-corrected chi connectivity index (χ2v) is 6.54. The van der Waals surface area contributed by atoms with Gasteiger partial charge in [-0.3, -0.25) is 0 Å². The maximum atomic E-state index is 10.9. The standard InChI is InChI=1S/C9H15NO3S2/c1-5(6(11)12)10-7(14)15-8(2,3)9(10,4)13/h5,13H,1-4H3,(H,11,12). The molecule has 1 aliphatic rings. The van der Waals surface area contributed by atoms with E-state index in [1.165, 1.54) is 23.6 Å². The number of aliphatic carboxylic acids is 1. The summed E-state index contributed by atoms with van der Waals surface area (Å²) in [6.07, 6.45) is 0. The summed E-state index contributed by atoms with van der Waals surface area (Å²) in [6, 6.07) is -0.818. The van der Waals surface area contributed by atoms with Crippen molar-refractivity contribution in [2.45, 2.75) is 44.2 Å². The van der Waals surface area contributed by atoms with Gasteiger partial charge in [-0.1, -0.05) is 24.0 Å². The average Bonchev–Trinajstić information content (AvgIpc) is 2.16. The van der Waals surface area contributed by atoms with Gasteiger partial charge in [-0.15, -0.1) is 0 Å². The monoisotopic (exact) mass is 249 g/mol. The molecule has 0 aliphatic carbocycles. The Labute approximate surface area is 98.6 Å². The van der Waals surface area contributed by atoms with Crippen molar-refractivity contribution in [2.75, 3.05) is 0 Å². The van der Waals surface area contributed by atoms with Crippen LogP contribution in [0.5, 0.6) is 0 Å². The molecule has 0 aromatic heterocycles. The SMILES string of the molecule is CC(C(=O)O)N1C(=S)SC(C)(C)C1(C)O. The molecule has 86 valence electrons. The molecule has 2 atom stereocenters. The first-order valence-electron chi connectivity index (χ1n) is 4.59. The Morgan fingerprint density at radius 3 is 2.27 bits per heavy atom. The number of aliphatic hydroxyl groups is 1. The van der Waals surface area contributed by atoms with Crippen LogP contribution in [0.25, 0.3) is 0 Å². The first kappa shape index (κ1) is 12.7. The number of nitrogens with zero attached hydrogens (tertiary/aromatic N) is 1. The third-order valence-electron chi connectivity index (χ3n) is 2.89. The zero-order valence-electron chi connectivity index (χ0n) is 9.14. The average molecular weight is 249 g/mol. The summed E-state index contributed by atoms with van der Waals surface area (Å²) in [7, 11) is 0. The highest BCUT2D eigenvalue weighted by molar-refractivity contribution is 8.24. The Morgan fingerprint density at radius 2 is 2.00 bits per heavy atom. The van der Waals surface area contributed by atoms with Crippen LogP contribution in [0, 0.1) is 0 Å². The van der Waals surface area contributed by atoms with E-state index in [2.05, 4.69) is 0 Å². The molecule has 0 bridgehead atoms. The normalized spacial score (nSPS) is 31.8. The van der Waals surface area contributed by atoms with Crippen molar-refractivity contribution in [3.63, 3.8) is 0 Å². The van der Waals surface area contributed by atoms with Crippen molar-refractivity contribution in [2.24, 2.45) is 0 Å². The van der Waals surface area contributed by atoms with Gasteiger partial charge in [0.15, 0.2) is 5.72 Å². The highest BCUT2D eigenvalue weighted by Gasteiger charge is 2.55. The molecule has 1 heterocycles. The van der Waals surface area contributed by atoms with E-state index in [0.717, 1.165) is 0 Å². The van der Waals surface area contributed by atoms with Crippen LogP contribution >= 0.6 is 24.0 Å². The summed E-state index contributed by atoms with van der Waals surface area (Å²) in [6.45, 7) is 6.81. The molecule has 0 saturated carbocycles. The molecule has 1 saturated heterocycles. The lowest BCUT2D eigenvalue weighted by Gasteiger charge is -2.40. The number of rotatable bonds is 2. The van der Waals surface area contributed by atoms with Gasteiger partial charge >= 0.3 is 5.97 Å². The predicted octanol–water partition coefficient (Wildman–Crippen LogP) is 1.28. The van der Waals surface area contributed by atoms with Gasteiger partial charge in [-0.25, -0.2) is 4.79 Å². The van der Waals surface area contributed by atoms with Crippen molar-refractivity contribution in [3.8, 4) is 0 Å². The van der Waals surface area contributed by atoms with Crippen LogP contribution in [0.15, 0.2) is 0 Å². The highest BCUT2D eigenvalue weighted by atomic mass is 32.2. The molecule has 0 aromatic rings. The fourth-order valence-electron chi connectivity index (χ4n) is 1.48. The van der Waals surface area contributed by atoms with Crippen LogP contribution in [-0.2, 0) is 4.79 Å². The second-order valence-electron chi connectivity index (χ2n) is 4.28. The number of thiocarbonyl (C=S) groups is 1. The van der Waals surface area contributed by atoms with Gasteiger partial charge in [0.2, 0.25) is 0 Å². The van der Waals surface area contributed by atoms with Gasteiger partial charge in [0, 0.05) is 0 Å². The first-order chi connectivity index (χ1) is 6.61. The van der Waals surface area contributed by atoms with Gasteiger partial charge in [-0.2, -0.15) is 0 Å². The van der Waals surface area contributed by atoms with Gasteiger partial charge in [0.1, 0.15) is 10.4 Å². The number of carboxylic acid groups (broad SMARTS) is 1. The third kappa shape index (κ3) is 1.86. The minimum absolute atomic E-state index is 0.430. The molecular weight excluding hydrogens is 234 g/mol.